The largest absolute Gasteiger partial charge is 0.489 e. The molecule has 2 aromatic carbocycles. The second kappa shape index (κ2) is 9.76. The van der Waals surface area contributed by atoms with E-state index in [1.807, 2.05) is 54.6 Å². The van der Waals surface area contributed by atoms with Crippen molar-refractivity contribution < 1.29 is 14.6 Å². The van der Waals surface area contributed by atoms with Gasteiger partial charge in [0.25, 0.3) is 0 Å². The van der Waals surface area contributed by atoms with Gasteiger partial charge in [-0.2, -0.15) is 0 Å². The summed E-state index contributed by atoms with van der Waals surface area (Å²) < 4.78 is 5.87. The number of thiazole rings is 1. The second-order valence-electron chi connectivity index (χ2n) is 7.59. The van der Waals surface area contributed by atoms with Crippen LogP contribution < -0.4 is 9.64 Å². The van der Waals surface area contributed by atoms with Crippen molar-refractivity contribution in [1.82, 2.24) is 4.98 Å². The first kappa shape index (κ1) is 20.4. The van der Waals surface area contributed by atoms with Crippen LogP contribution in [-0.2, 0) is 11.4 Å². The van der Waals surface area contributed by atoms with Gasteiger partial charge >= 0.3 is 5.97 Å². The van der Waals surface area contributed by atoms with Crippen LogP contribution in [0.3, 0.4) is 0 Å². The number of carboxylic acids is 1. The van der Waals surface area contributed by atoms with Gasteiger partial charge in [0.05, 0.1) is 12.1 Å². The van der Waals surface area contributed by atoms with E-state index in [1.54, 1.807) is 11.3 Å². The maximum atomic E-state index is 11.1. The summed E-state index contributed by atoms with van der Waals surface area (Å²) in [5, 5.41) is 12.1. The smallest absolute Gasteiger partial charge is 0.305 e. The topological polar surface area (TPSA) is 62.7 Å². The predicted octanol–water partition coefficient (Wildman–Crippen LogP) is 5.61. The molecule has 30 heavy (non-hydrogen) atoms. The highest BCUT2D eigenvalue weighted by Crippen LogP contribution is 2.33. The molecule has 1 aliphatic rings. The zero-order valence-corrected chi connectivity index (χ0v) is 17.7. The highest BCUT2D eigenvalue weighted by molar-refractivity contribution is 7.14. The number of nitrogens with zero attached hydrogens (tertiary/aromatic N) is 2. The van der Waals surface area contributed by atoms with E-state index < -0.39 is 5.97 Å². The van der Waals surface area contributed by atoms with Crippen molar-refractivity contribution in [1.29, 1.82) is 0 Å². The molecule has 0 aliphatic heterocycles. The van der Waals surface area contributed by atoms with Crippen LogP contribution in [0.15, 0.2) is 60.0 Å². The number of ether oxygens (including phenoxy) is 1. The number of anilines is 1. The summed E-state index contributed by atoms with van der Waals surface area (Å²) in [6, 6.07) is 18.5. The third kappa shape index (κ3) is 5.19. The molecule has 0 saturated heterocycles. The first-order valence-corrected chi connectivity index (χ1v) is 11.3. The number of rotatable bonds is 9. The van der Waals surface area contributed by atoms with E-state index in [1.165, 1.54) is 12.8 Å². The van der Waals surface area contributed by atoms with Crippen molar-refractivity contribution in [2.45, 2.75) is 44.8 Å². The Morgan fingerprint density at radius 2 is 1.83 bits per heavy atom. The normalized spacial score (nSPS) is 14.0. The summed E-state index contributed by atoms with van der Waals surface area (Å²) in [5.74, 6) is 0.0629. The van der Waals surface area contributed by atoms with Gasteiger partial charge in [0.2, 0.25) is 0 Å². The molecule has 0 spiro atoms. The van der Waals surface area contributed by atoms with Gasteiger partial charge in [0, 0.05) is 23.5 Å². The Kier molecular flexibility index (Phi) is 6.64. The van der Waals surface area contributed by atoms with Gasteiger partial charge in [-0.05, 0) is 42.7 Å². The first-order valence-electron chi connectivity index (χ1n) is 10.4. The van der Waals surface area contributed by atoms with Gasteiger partial charge in [-0.1, -0.05) is 43.2 Å². The van der Waals surface area contributed by atoms with Crippen LogP contribution in [0.25, 0.3) is 11.3 Å². The molecule has 0 radical (unpaired) electrons. The van der Waals surface area contributed by atoms with Crippen LogP contribution >= 0.6 is 11.3 Å². The van der Waals surface area contributed by atoms with Crippen molar-refractivity contribution in [2.75, 3.05) is 11.4 Å². The van der Waals surface area contributed by atoms with E-state index in [0.717, 1.165) is 40.5 Å². The summed E-state index contributed by atoms with van der Waals surface area (Å²) in [6.45, 7) is 1.06. The van der Waals surface area contributed by atoms with Crippen molar-refractivity contribution in [3.05, 3.63) is 65.5 Å². The minimum Gasteiger partial charge on any atom is -0.489 e. The Morgan fingerprint density at radius 3 is 2.53 bits per heavy atom. The quantitative estimate of drug-likeness (QED) is 0.485. The number of carboxylic acid groups (broad SMARTS) is 1. The number of hydrogen-bond donors (Lipinski definition) is 1. The number of carbonyl (C=O) groups is 1. The lowest BCUT2D eigenvalue weighted by molar-refractivity contribution is -0.136. The third-order valence-corrected chi connectivity index (χ3v) is 6.35. The number of hydrogen-bond acceptors (Lipinski definition) is 5. The fraction of sp³-hybridized carbons (Fsp3) is 0.333. The monoisotopic (exact) mass is 422 g/mol. The SMILES string of the molecule is O=C(O)CCN(c1nc(-c2ccc(OCc3ccccc3)cc2)cs1)C1CCCC1. The molecule has 4 rings (SSSR count). The number of benzene rings is 2. The Morgan fingerprint density at radius 1 is 1.10 bits per heavy atom. The molecular formula is C24H26N2O3S. The van der Waals surface area contributed by atoms with Crippen molar-refractivity contribution in [3.63, 3.8) is 0 Å². The predicted molar refractivity (Wildman–Crippen MR) is 120 cm³/mol. The minimum atomic E-state index is -0.763. The highest BCUT2D eigenvalue weighted by Gasteiger charge is 2.25. The molecule has 0 unspecified atom stereocenters. The summed E-state index contributed by atoms with van der Waals surface area (Å²) in [6.07, 6.45) is 4.77. The molecule has 1 heterocycles. The fourth-order valence-corrected chi connectivity index (χ4v) is 4.79. The summed E-state index contributed by atoms with van der Waals surface area (Å²) >= 11 is 1.59. The van der Waals surface area contributed by atoms with Gasteiger partial charge in [0.1, 0.15) is 12.4 Å². The van der Waals surface area contributed by atoms with E-state index in [-0.39, 0.29) is 6.42 Å². The average Bonchev–Trinajstić information content (AvgIpc) is 3.47. The summed E-state index contributed by atoms with van der Waals surface area (Å²) in [7, 11) is 0. The summed E-state index contributed by atoms with van der Waals surface area (Å²) in [4.78, 5) is 18.1. The maximum absolute atomic E-state index is 11.1. The molecule has 0 amide bonds. The molecule has 5 nitrogen and oxygen atoms in total. The molecule has 156 valence electrons. The molecule has 3 aromatic rings. The number of aliphatic carboxylic acids is 1. The molecule has 1 N–H and O–H groups in total. The van der Waals surface area contributed by atoms with Gasteiger partial charge in [-0.25, -0.2) is 4.98 Å². The lowest BCUT2D eigenvalue weighted by atomic mass is 10.1. The van der Waals surface area contributed by atoms with Crippen LogP contribution in [0.1, 0.15) is 37.7 Å². The standard InChI is InChI=1S/C24H26N2O3S/c27-23(28)14-15-26(20-8-4-5-9-20)24-25-22(17-30-24)19-10-12-21(13-11-19)29-16-18-6-2-1-3-7-18/h1-3,6-7,10-13,17,20H,4-5,8-9,14-16H2,(H,27,28). The van der Waals surface area contributed by atoms with Crippen LogP contribution in [0, 0.1) is 0 Å². The summed E-state index contributed by atoms with van der Waals surface area (Å²) in [5.41, 5.74) is 3.09. The van der Waals surface area contributed by atoms with Crippen molar-refractivity contribution >= 4 is 22.4 Å². The van der Waals surface area contributed by atoms with Crippen molar-refractivity contribution in [3.8, 4) is 17.0 Å². The van der Waals surface area contributed by atoms with Gasteiger partial charge in [-0.3, -0.25) is 4.79 Å². The molecular weight excluding hydrogens is 396 g/mol. The maximum Gasteiger partial charge on any atom is 0.305 e. The number of aromatic nitrogens is 1. The lowest BCUT2D eigenvalue weighted by Gasteiger charge is -2.28. The van der Waals surface area contributed by atoms with E-state index in [2.05, 4.69) is 10.3 Å². The third-order valence-electron chi connectivity index (χ3n) is 5.47. The fourth-order valence-electron chi connectivity index (χ4n) is 3.86. The average molecular weight is 423 g/mol. The molecule has 1 aromatic heterocycles. The van der Waals surface area contributed by atoms with Crippen LogP contribution in [-0.4, -0.2) is 28.6 Å². The Hall–Kier alpha value is -2.86. The van der Waals surface area contributed by atoms with E-state index in [0.29, 0.717) is 19.2 Å². The minimum absolute atomic E-state index is 0.138. The van der Waals surface area contributed by atoms with Gasteiger partial charge < -0.3 is 14.7 Å². The van der Waals surface area contributed by atoms with Gasteiger partial charge in [-0.15, -0.1) is 11.3 Å². The zero-order chi connectivity index (χ0) is 20.8. The second-order valence-corrected chi connectivity index (χ2v) is 8.43. The van der Waals surface area contributed by atoms with Crippen LogP contribution in [0.4, 0.5) is 5.13 Å². The molecule has 1 aliphatic carbocycles. The lowest BCUT2D eigenvalue weighted by Crippen LogP contribution is -2.35. The van der Waals surface area contributed by atoms with E-state index in [9.17, 15) is 4.79 Å². The van der Waals surface area contributed by atoms with Crippen LogP contribution in [0.5, 0.6) is 5.75 Å². The van der Waals surface area contributed by atoms with Crippen LogP contribution in [0.2, 0.25) is 0 Å². The van der Waals surface area contributed by atoms with E-state index in [4.69, 9.17) is 14.8 Å². The Labute approximate surface area is 181 Å². The molecule has 6 heteroatoms. The molecule has 1 saturated carbocycles. The molecule has 1 fully saturated rings. The zero-order valence-electron chi connectivity index (χ0n) is 16.9. The Bertz CT molecular complexity index is 950. The van der Waals surface area contributed by atoms with E-state index >= 15 is 0 Å². The van der Waals surface area contributed by atoms with Crippen molar-refractivity contribution in [2.24, 2.45) is 0 Å². The first-order chi connectivity index (χ1) is 14.7. The van der Waals surface area contributed by atoms with Gasteiger partial charge in [0.15, 0.2) is 5.13 Å². The Balaban J connectivity index is 1.43. The highest BCUT2D eigenvalue weighted by atomic mass is 32.1. The molecule has 0 atom stereocenters. The molecule has 0 bridgehead atoms.